The highest BCUT2D eigenvalue weighted by atomic mass is 32.1. The van der Waals surface area contributed by atoms with Crippen molar-refractivity contribution in [3.63, 3.8) is 0 Å². The zero-order chi connectivity index (χ0) is 15.0. The Kier molecular flexibility index (Phi) is 3.41. The van der Waals surface area contributed by atoms with Crippen molar-refractivity contribution in [2.45, 2.75) is 19.4 Å². The third-order valence-electron chi connectivity index (χ3n) is 3.35. The van der Waals surface area contributed by atoms with E-state index in [9.17, 15) is 5.26 Å². The number of methoxy groups -OCH3 is 1. The van der Waals surface area contributed by atoms with Crippen molar-refractivity contribution in [2.24, 2.45) is 5.73 Å². The van der Waals surface area contributed by atoms with Gasteiger partial charge in [0.1, 0.15) is 11.6 Å². The van der Waals surface area contributed by atoms with E-state index in [0.29, 0.717) is 18.1 Å². The lowest BCUT2D eigenvalue weighted by molar-refractivity contribution is 0.180. The van der Waals surface area contributed by atoms with Gasteiger partial charge in [-0.1, -0.05) is 0 Å². The molecule has 3 heterocycles. The summed E-state index contributed by atoms with van der Waals surface area (Å²) in [5, 5.41) is 16.5. The Bertz CT molecular complexity index is 753. The molecule has 2 aromatic heterocycles. The van der Waals surface area contributed by atoms with Gasteiger partial charge >= 0.3 is 0 Å². The minimum Gasteiger partial charge on any atom is -0.420 e. The van der Waals surface area contributed by atoms with E-state index in [2.05, 4.69) is 16.3 Å². The standard InChI is InChI=1S/C14H14N4O2S/c1-7-3-4-10(21-7)11-8(5-15)13(16)20-14-12(11)9(6-19-2)17-18-14/h3-4,11H,6,16H2,1-2H3,(H,17,18). The molecule has 108 valence electrons. The summed E-state index contributed by atoms with van der Waals surface area (Å²) in [7, 11) is 1.61. The Morgan fingerprint density at radius 2 is 2.38 bits per heavy atom. The molecule has 6 nitrogen and oxygen atoms in total. The molecule has 0 saturated carbocycles. The molecule has 2 aromatic rings. The zero-order valence-corrected chi connectivity index (χ0v) is 12.5. The van der Waals surface area contributed by atoms with E-state index in [1.807, 2.05) is 19.1 Å². The molecule has 0 spiro atoms. The van der Waals surface area contributed by atoms with E-state index in [1.165, 1.54) is 4.88 Å². The maximum atomic E-state index is 9.46. The van der Waals surface area contributed by atoms with Crippen molar-refractivity contribution in [1.29, 1.82) is 5.26 Å². The first kappa shape index (κ1) is 13.7. The first-order valence-corrected chi connectivity index (χ1v) is 7.17. The topological polar surface area (TPSA) is 97.0 Å². The van der Waals surface area contributed by atoms with Crippen LogP contribution >= 0.6 is 11.3 Å². The number of thiophene rings is 1. The van der Waals surface area contributed by atoms with Gasteiger partial charge in [-0.05, 0) is 19.1 Å². The lowest BCUT2D eigenvalue weighted by Crippen LogP contribution is -2.20. The Morgan fingerprint density at radius 3 is 3.00 bits per heavy atom. The van der Waals surface area contributed by atoms with E-state index in [-0.39, 0.29) is 11.8 Å². The molecule has 3 rings (SSSR count). The second-order valence-corrected chi connectivity index (χ2v) is 6.05. The number of hydrogen-bond acceptors (Lipinski definition) is 6. The van der Waals surface area contributed by atoms with Crippen molar-refractivity contribution >= 4 is 11.3 Å². The third kappa shape index (κ3) is 2.18. The van der Waals surface area contributed by atoms with Crippen molar-refractivity contribution in [2.75, 3.05) is 7.11 Å². The zero-order valence-electron chi connectivity index (χ0n) is 11.6. The van der Waals surface area contributed by atoms with Gasteiger partial charge in [0.25, 0.3) is 0 Å². The second-order valence-electron chi connectivity index (χ2n) is 4.73. The molecular weight excluding hydrogens is 288 g/mol. The number of nitrogens with two attached hydrogens (primary N) is 1. The van der Waals surface area contributed by atoms with Crippen LogP contribution in [-0.4, -0.2) is 17.3 Å². The number of allylic oxidation sites excluding steroid dienone is 1. The van der Waals surface area contributed by atoms with E-state index in [0.717, 1.165) is 16.1 Å². The molecule has 0 aliphatic carbocycles. The van der Waals surface area contributed by atoms with Gasteiger partial charge in [0.15, 0.2) is 0 Å². The summed E-state index contributed by atoms with van der Waals surface area (Å²) >= 11 is 1.63. The molecule has 0 aromatic carbocycles. The van der Waals surface area contributed by atoms with Gasteiger partial charge in [0, 0.05) is 16.9 Å². The van der Waals surface area contributed by atoms with E-state index >= 15 is 0 Å². The minimum absolute atomic E-state index is 0.108. The van der Waals surface area contributed by atoms with Crippen LogP contribution in [0.4, 0.5) is 0 Å². The predicted molar refractivity (Wildman–Crippen MR) is 77.7 cm³/mol. The van der Waals surface area contributed by atoms with Crippen molar-refractivity contribution < 1.29 is 9.47 Å². The summed E-state index contributed by atoms with van der Waals surface area (Å²) in [5.41, 5.74) is 7.90. The molecule has 0 bridgehead atoms. The van der Waals surface area contributed by atoms with Crippen molar-refractivity contribution in [3.05, 3.63) is 44.6 Å². The van der Waals surface area contributed by atoms with E-state index in [1.54, 1.807) is 18.4 Å². The van der Waals surface area contributed by atoms with Crippen LogP contribution in [0.2, 0.25) is 0 Å². The minimum atomic E-state index is -0.263. The SMILES string of the molecule is COCc1[nH]nc2c1C(c1ccc(C)s1)C(C#N)=C(N)O2. The van der Waals surface area contributed by atoms with Crippen LogP contribution < -0.4 is 10.5 Å². The van der Waals surface area contributed by atoms with Crippen molar-refractivity contribution in [3.8, 4) is 11.9 Å². The Labute approximate surface area is 125 Å². The number of nitriles is 1. The molecule has 1 aliphatic heterocycles. The number of nitrogens with zero attached hydrogens (tertiary/aromatic N) is 2. The predicted octanol–water partition coefficient (Wildman–Crippen LogP) is 2.14. The molecule has 0 radical (unpaired) electrons. The Balaban J connectivity index is 2.19. The molecular formula is C14H14N4O2S. The van der Waals surface area contributed by atoms with Gasteiger partial charge in [0.05, 0.1) is 23.8 Å². The Hall–Kier alpha value is -2.30. The molecule has 0 fully saturated rings. The molecule has 7 heteroatoms. The fourth-order valence-electron chi connectivity index (χ4n) is 2.46. The number of ether oxygens (including phenoxy) is 2. The monoisotopic (exact) mass is 302 g/mol. The molecule has 0 saturated heterocycles. The van der Waals surface area contributed by atoms with Crippen LogP contribution in [0.25, 0.3) is 0 Å². The first-order valence-electron chi connectivity index (χ1n) is 6.35. The van der Waals surface area contributed by atoms with Gasteiger partial charge in [-0.2, -0.15) is 5.26 Å². The van der Waals surface area contributed by atoms with Gasteiger partial charge in [0.2, 0.25) is 11.8 Å². The first-order chi connectivity index (χ1) is 10.2. The van der Waals surface area contributed by atoms with Crippen LogP contribution in [0.5, 0.6) is 5.88 Å². The van der Waals surface area contributed by atoms with Crippen LogP contribution in [-0.2, 0) is 11.3 Å². The highest BCUT2D eigenvalue weighted by Gasteiger charge is 2.35. The average molecular weight is 302 g/mol. The number of nitrogens with one attached hydrogen (secondary N) is 1. The fourth-order valence-corrected chi connectivity index (χ4v) is 3.45. The normalized spacial score (nSPS) is 17.3. The van der Waals surface area contributed by atoms with E-state index < -0.39 is 0 Å². The lowest BCUT2D eigenvalue weighted by Gasteiger charge is -2.22. The van der Waals surface area contributed by atoms with Crippen LogP contribution in [0.15, 0.2) is 23.6 Å². The van der Waals surface area contributed by atoms with Gasteiger partial charge in [-0.15, -0.1) is 16.4 Å². The molecule has 1 aliphatic rings. The maximum absolute atomic E-state index is 9.46. The highest BCUT2D eigenvalue weighted by Crippen LogP contribution is 2.44. The summed E-state index contributed by atoms with van der Waals surface area (Å²) in [6, 6.07) is 6.20. The van der Waals surface area contributed by atoms with Gasteiger partial charge in [-0.3, -0.25) is 5.10 Å². The Morgan fingerprint density at radius 1 is 1.57 bits per heavy atom. The summed E-state index contributed by atoms with van der Waals surface area (Å²) in [4.78, 5) is 2.21. The average Bonchev–Trinajstić information content (AvgIpc) is 3.05. The third-order valence-corrected chi connectivity index (χ3v) is 4.42. The summed E-state index contributed by atoms with van der Waals surface area (Å²) in [6.07, 6.45) is 0. The lowest BCUT2D eigenvalue weighted by atomic mass is 9.89. The quantitative estimate of drug-likeness (QED) is 0.905. The number of aryl methyl sites for hydroxylation is 1. The largest absolute Gasteiger partial charge is 0.420 e. The number of hydrogen-bond donors (Lipinski definition) is 2. The molecule has 3 N–H and O–H groups in total. The summed E-state index contributed by atoms with van der Waals surface area (Å²) in [6.45, 7) is 2.39. The molecule has 21 heavy (non-hydrogen) atoms. The number of aromatic amines is 1. The molecule has 0 amide bonds. The van der Waals surface area contributed by atoms with E-state index in [4.69, 9.17) is 15.2 Å². The van der Waals surface area contributed by atoms with Crippen LogP contribution in [0, 0.1) is 18.3 Å². The second kappa shape index (κ2) is 5.24. The summed E-state index contributed by atoms with van der Waals surface area (Å²) < 4.78 is 10.6. The number of rotatable bonds is 3. The highest BCUT2D eigenvalue weighted by molar-refractivity contribution is 7.12. The molecule has 1 unspecified atom stereocenters. The maximum Gasteiger partial charge on any atom is 0.244 e. The fraction of sp³-hybridized carbons (Fsp3) is 0.286. The van der Waals surface area contributed by atoms with Gasteiger partial charge in [-0.25, -0.2) is 0 Å². The van der Waals surface area contributed by atoms with Crippen LogP contribution in [0.1, 0.15) is 26.9 Å². The number of fused-ring (bicyclic) bond motifs is 1. The number of aromatic nitrogens is 2. The summed E-state index contributed by atoms with van der Waals surface area (Å²) in [5.74, 6) is 0.257. The number of H-pyrrole nitrogens is 1. The smallest absolute Gasteiger partial charge is 0.244 e. The van der Waals surface area contributed by atoms with Crippen molar-refractivity contribution in [1.82, 2.24) is 10.2 Å². The molecule has 1 atom stereocenters. The van der Waals surface area contributed by atoms with Gasteiger partial charge < -0.3 is 15.2 Å². The van der Waals surface area contributed by atoms with Crippen LogP contribution in [0.3, 0.4) is 0 Å².